The zero-order chi connectivity index (χ0) is 10.4. The third-order valence-electron chi connectivity index (χ3n) is 2.18. The second-order valence-electron chi connectivity index (χ2n) is 3.02. The molecule has 1 rings (SSSR count). The summed E-state index contributed by atoms with van der Waals surface area (Å²) in [5.41, 5.74) is 0. The van der Waals surface area contributed by atoms with Crippen LogP contribution in [0, 0.1) is 18.3 Å². The van der Waals surface area contributed by atoms with Crippen LogP contribution in [0.5, 0.6) is 0 Å². The fourth-order valence-corrected chi connectivity index (χ4v) is 1.94. The van der Waals surface area contributed by atoms with Gasteiger partial charge in [-0.1, -0.05) is 6.92 Å². The van der Waals surface area contributed by atoms with Crippen molar-refractivity contribution in [3.63, 3.8) is 0 Å². The Labute approximate surface area is 89.4 Å². The zero-order valence-corrected chi connectivity index (χ0v) is 9.55. The lowest BCUT2D eigenvalue weighted by atomic mass is 10.6. The van der Waals surface area contributed by atoms with Crippen molar-refractivity contribution >= 4 is 11.8 Å². The minimum absolute atomic E-state index is 0.444. The molecule has 0 N–H and O–H groups in total. The van der Waals surface area contributed by atoms with Gasteiger partial charge in [-0.25, -0.2) is 9.13 Å². The highest BCUT2D eigenvalue weighted by Crippen LogP contribution is 1.98. The van der Waals surface area contributed by atoms with Crippen molar-refractivity contribution in [1.29, 1.82) is 5.26 Å². The molecule has 4 heteroatoms. The molecule has 0 bridgehead atoms. The minimum atomic E-state index is 0.444. The Hall–Kier alpha value is -0.950. The van der Waals surface area contributed by atoms with E-state index in [4.69, 9.17) is 5.26 Å². The Morgan fingerprint density at radius 3 is 3.07 bits per heavy atom. The van der Waals surface area contributed by atoms with Gasteiger partial charge in [-0.3, -0.25) is 0 Å². The maximum atomic E-state index is 8.58. The molecule has 0 unspecified atom stereocenters. The molecule has 0 atom stereocenters. The van der Waals surface area contributed by atoms with Crippen LogP contribution in [-0.4, -0.2) is 16.1 Å². The highest BCUT2D eigenvalue weighted by Gasteiger charge is 2.10. The number of aryl methyl sites for hydroxylation is 1. The maximum Gasteiger partial charge on any atom is 0.254 e. The van der Waals surface area contributed by atoms with Crippen LogP contribution in [0.4, 0.5) is 0 Å². The molecule has 0 aromatic carbocycles. The molecular weight excluding hydrogens is 194 g/mol. The Kier molecular flexibility index (Phi) is 4.54. The number of hydrogen-bond acceptors (Lipinski definition) is 2. The molecule has 3 nitrogen and oxygen atoms in total. The van der Waals surface area contributed by atoms with Crippen LogP contribution < -0.4 is 4.57 Å². The summed E-state index contributed by atoms with van der Waals surface area (Å²) in [6.07, 6.45) is 4.01. The molecule has 0 aliphatic heterocycles. The summed E-state index contributed by atoms with van der Waals surface area (Å²) in [4.78, 5) is 0. The van der Waals surface area contributed by atoms with Crippen LogP contribution in [0.3, 0.4) is 0 Å². The van der Waals surface area contributed by atoms with Gasteiger partial charge in [0.1, 0.15) is 18.5 Å². The maximum absolute atomic E-state index is 8.58. The first-order valence-corrected chi connectivity index (χ1v) is 5.95. The van der Waals surface area contributed by atoms with Gasteiger partial charge in [0.2, 0.25) is 0 Å². The largest absolute Gasteiger partial charge is 0.254 e. The van der Waals surface area contributed by atoms with Crippen LogP contribution in [-0.2, 0) is 13.1 Å². The van der Waals surface area contributed by atoms with Gasteiger partial charge in [-0.05, 0) is 5.75 Å². The number of nitrogens with zero attached hydrogens (tertiary/aromatic N) is 3. The Morgan fingerprint density at radius 1 is 1.64 bits per heavy atom. The van der Waals surface area contributed by atoms with E-state index in [2.05, 4.69) is 17.6 Å². The molecule has 0 aliphatic carbocycles. The lowest BCUT2D eigenvalue weighted by Crippen LogP contribution is -2.36. The van der Waals surface area contributed by atoms with Gasteiger partial charge in [0.05, 0.1) is 6.54 Å². The SMILES string of the molecule is CCSCC[n+]1ccn(CC#N)c1C. The lowest BCUT2D eigenvalue weighted by Gasteiger charge is -1.98. The van der Waals surface area contributed by atoms with Crippen LogP contribution in [0.1, 0.15) is 12.7 Å². The minimum Gasteiger partial charge on any atom is -0.234 e. The standard InChI is InChI=1S/C10H16N3S/c1-3-14-9-8-13-7-6-12(5-4-11)10(13)2/h6-7H,3,5,8-9H2,1-2H3/q+1. The summed E-state index contributed by atoms with van der Waals surface area (Å²) in [7, 11) is 0. The lowest BCUT2D eigenvalue weighted by molar-refractivity contribution is -0.697. The van der Waals surface area contributed by atoms with E-state index in [0.29, 0.717) is 6.54 Å². The van der Waals surface area contributed by atoms with Gasteiger partial charge in [0.25, 0.3) is 5.82 Å². The Morgan fingerprint density at radius 2 is 2.43 bits per heavy atom. The first-order chi connectivity index (χ1) is 6.79. The van der Waals surface area contributed by atoms with Gasteiger partial charge in [0.15, 0.2) is 6.54 Å². The molecule has 1 aromatic rings. The number of rotatable bonds is 5. The molecule has 14 heavy (non-hydrogen) atoms. The highest BCUT2D eigenvalue weighted by atomic mass is 32.2. The fraction of sp³-hybridized carbons (Fsp3) is 0.600. The summed E-state index contributed by atoms with van der Waals surface area (Å²) in [6, 6.07) is 2.15. The molecule has 0 saturated heterocycles. The van der Waals surface area contributed by atoms with Crippen LogP contribution in [0.25, 0.3) is 0 Å². The summed E-state index contributed by atoms with van der Waals surface area (Å²) in [5.74, 6) is 3.46. The van der Waals surface area contributed by atoms with Crippen molar-refractivity contribution < 1.29 is 4.57 Å². The number of thioether (sulfide) groups is 1. The van der Waals surface area contributed by atoms with E-state index in [9.17, 15) is 0 Å². The second kappa shape index (κ2) is 5.71. The van der Waals surface area contributed by atoms with Crippen LogP contribution in [0.2, 0.25) is 0 Å². The Bertz CT molecular complexity index is 325. The van der Waals surface area contributed by atoms with E-state index >= 15 is 0 Å². The van der Waals surface area contributed by atoms with Crippen molar-refractivity contribution in [2.24, 2.45) is 0 Å². The third kappa shape index (κ3) is 2.78. The second-order valence-corrected chi connectivity index (χ2v) is 4.42. The molecule has 0 spiro atoms. The quantitative estimate of drug-likeness (QED) is 0.543. The van der Waals surface area contributed by atoms with E-state index in [1.54, 1.807) is 0 Å². The first-order valence-electron chi connectivity index (χ1n) is 4.79. The summed E-state index contributed by atoms with van der Waals surface area (Å²) < 4.78 is 4.16. The zero-order valence-electron chi connectivity index (χ0n) is 8.73. The Balaban J connectivity index is 2.56. The van der Waals surface area contributed by atoms with Crippen LogP contribution >= 0.6 is 11.8 Å². The fourth-order valence-electron chi connectivity index (χ4n) is 1.33. The predicted molar refractivity (Wildman–Crippen MR) is 58.0 cm³/mol. The van der Waals surface area contributed by atoms with E-state index < -0.39 is 0 Å². The number of nitriles is 1. The average Bonchev–Trinajstić information content (AvgIpc) is 2.51. The number of hydrogen-bond donors (Lipinski definition) is 0. The van der Waals surface area contributed by atoms with Crippen molar-refractivity contribution in [2.45, 2.75) is 26.9 Å². The van der Waals surface area contributed by atoms with Gasteiger partial charge in [-0.15, -0.1) is 0 Å². The van der Waals surface area contributed by atoms with Crippen molar-refractivity contribution in [2.75, 3.05) is 11.5 Å². The molecule has 0 saturated carbocycles. The molecule has 0 aliphatic rings. The first kappa shape index (κ1) is 11.1. The van der Waals surface area contributed by atoms with E-state index in [1.165, 1.54) is 5.75 Å². The van der Waals surface area contributed by atoms with Gasteiger partial charge in [0, 0.05) is 12.7 Å². The number of aromatic nitrogens is 2. The highest BCUT2D eigenvalue weighted by molar-refractivity contribution is 7.99. The molecule has 76 valence electrons. The molecule has 0 amide bonds. The smallest absolute Gasteiger partial charge is 0.234 e. The molecule has 1 aromatic heterocycles. The van der Waals surface area contributed by atoms with Gasteiger partial charge >= 0.3 is 0 Å². The summed E-state index contributed by atoms with van der Waals surface area (Å²) in [6.45, 7) is 5.69. The van der Waals surface area contributed by atoms with E-state index in [1.807, 2.05) is 35.6 Å². The molecular formula is C10H16N3S+. The monoisotopic (exact) mass is 210 g/mol. The third-order valence-corrected chi connectivity index (χ3v) is 3.06. The van der Waals surface area contributed by atoms with Crippen molar-refractivity contribution in [3.05, 3.63) is 18.2 Å². The van der Waals surface area contributed by atoms with Crippen molar-refractivity contribution in [1.82, 2.24) is 4.57 Å². The molecule has 1 heterocycles. The van der Waals surface area contributed by atoms with Crippen molar-refractivity contribution in [3.8, 4) is 6.07 Å². The number of imidazole rings is 1. The topological polar surface area (TPSA) is 32.6 Å². The van der Waals surface area contributed by atoms with Gasteiger partial charge < -0.3 is 0 Å². The van der Waals surface area contributed by atoms with Crippen LogP contribution in [0.15, 0.2) is 12.4 Å². The predicted octanol–water partition coefficient (Wildman–Crippen LogP) is 1.36. The summed E-state index contributed by atoms with van der Waals surface area (Å²) in [5, 5.41) is 8.58. The van der Waals surface area contributed by atoms with E-state index in [0.717, 1.165) is 18.1 Å². The van der Waals surface area contributed by atoms with E-state index in [-0.39, 0.29) is 0 Å². The summed E-state index contributed by atoms with van der Waals surface area (Å²) >= 11 is 1.94. The molecule has 0 fully saturated rings. The average molecular weight is 210 g/mol. The molecule has 0 radical (unpaired) electrons. The normalized spacial score (nSPS) is 10.1. The van der Waals surface area contributed by atoms with Gasteiger partial charge in [-0.2, -0.15) is 17.0 Å².